The molecule has 0 amide bonds. The second-order valence-electron chi connectivity index (χ2n) is 2.31. The zero-order chi connectivity index (χ0) is 8.65. The minimum Gasteiger partial charge on any atom is -0.493 e. The van der Waals surface area contributed by atoms with Gasteiger partial charge in [-0.25, -0.2) is 0 Å². The van der Waals surface area contributed by atoms with Crippen molar-refractivity contribution in [3.8, 4) is 5.75 Å². The van der Waals surface area contributed by atoms with Gasteiger partial charge in [0, 0.05) is 12.0 Å². The molecule has 1 rings (SSSR count). The van der Waals surface area contributed by atoms with Gasteiger partial charge in [0.15, 0.2) is 0 Å². The van der Waals surface area contributed by atoms with Crippen LogP contribution in [0.2, 0.25) is 0 Å². The first-order valence-electron chi connectivity index (χ1n) is 3.86. The lowest BCUT2D eigenvalue weighted by atomic mass is 10.3. The normalized spacial score (nSPS) is 10.4. The van der Waals surface area contributed by atoms with Crippen LogP contribution in [0.4, 0.5) is 0 Å². The monoisotopic (exact) mass is 182 g/mol. The van der Waals surface area contributed by atoms with Crippen LogP contribution in [0.1, 0.15) is 6.42 Å². The molecule has 0 saturated heterocycles. The summed E-state index contributed by atoms with van der Waals surface area (Å²) in [6.07, 6.45) is 2.71. The summed E-state index contributed by atoms with van der Waals surface area (Å²) >= 11 is 5.35. The van der Waals surface area contributed by atoms with Crippen molar-refractivity contribution in [1.82, 2.24) is 0 Å². The third kappa shape index (κ3) is 3.44. The average molecular weight is 183 g/mol. The molecule has 1 nitrogen and oxygen atoms in total. The lowest BCUT2D eigenvalue weighted by Gasteiger charge is -2.02. The zero-order valence-corrected chi connectivity index (χ0v) is 7.50. The fourth-order valence-electron chi connectivity index (χ4n) is 0.825. The Labute approximate surface area is 77.6 Å². The second-order valence-corrected chi connectivity index (χ2v) is 2.56. The van der Waals surface area contributed by atoms with E-state index in [9.17, 15) is 0 Å². The highest BCUT2D eigenvalue weighted by Gasteiger charge is 1.87. The number of hydrogen-bond donors (Lipinski definition) is 0. The van der Waals surface area contributed by atoms with E-state index in [-0.39, 0.29) is 0 Å². The van der Waals surface area contributed by atoms with Crippen LogP contribution < -0.4 is 4.74 Å². The SMILES string of the molecule is ClC=CCCOc1ccccc1. The Bertz CT molecular complexity index is 231. The van der Waals surface area contributed by atoms with E-state index in [1.807, 2.05) is 36.4 Å². The Kier molecular flexibility index (Phi) is 4.32. The topological polar surface area (TPSA) is 9.23 Å². The molecule has 0 heterocycles. The van der Waals surface area contributed by atoms with Crippen LogP contribution in [-0.4, -0.2) is 6.61 Å². The van der Waals surface area contributed by atoms with Crippen molar-refractivity contribution in [2.75, 3.05) is 6.61 Å². The predicted octanol–water partition coefficient (Wildman–Crippen LogP) is 3.21. The number of hydrogen-bond acceptors (Lipinski definition) is 1. The van der Waals surface area contributed by atoms with Crippen molar-refractivity contribution < 1.29 is 4.74 Å². The van der Waals surface area contributed by atoms with Gasteiger partial charge in [-0.2, -0.15) is 0 Å². The number of benzene rings is 1. The molecule has 1 aromatic carbocycles. The summed E-state index contributed by atoms with van der Waals surface area (Å²) in [7, 11) is 0. The summed E-state index contributed by atoms with van der Waals surface area (Å²) in [6, 6.07) is 9.74. The molecule has 0 aliphatic carbocycles. The minimum atomic E-state index is 0.674. The molecular formula is C10H11ClO. The molecule has 0 unspecified atom stereocenters. The van der Waals surface area contributed by atoms with E-state index < -0.39 is 0 Å². The van der Waals surface area contributed by atoms with Gasteiger partial charge in [-0.3, -0.25) is 0 Å². The molecule has 0 fully saturated rings. The van der Waals surface area contributed by atoms with Crippen molar-refractivity contribution in [1.29, 1.82) is 0 Å². The maximum Gasteiger partial charge on any atom is 0.119 e. The third-order valence-electron chi connectivity index (χ3n) is 1.39. The number of para-hydroxylation sites is 1. The van der Waals surface area contributed by atoms with Gasteiger partial charge in [-0.05, 0) is 12.1 Å². The number of halogens is 1. The highest BCUT2D eigenvalue weighted by atomic mass is 35.5. The molecule has 0 radical (unpaired) electrons. The van der Waals surface area contributed by atoms with Gasteiger partial charge >= 0.3 is 0 Å². The summed E-state index contributed by atoms with van der Waals surface area (Å²) in [5.74, 6) is 0.903. The van der Waals surface area contributed by atoms with Gasteiger partial charge in [-0.15, -0.1) is 0 Å². The second kappa shape index (κ2) is 5.67. The van der Waals surface area contributed by atoms with Crippen molar-refractivity contribution in [2.24, 2.45) is 0 Å². The molecule has 0 atom stereocenters. The quantitative estimate of drug-likeness (QED) is 0.650. The Morgan fingerprint density at radius 3 is 2.67 bits per heavy atom. The van der Waals surface area contributed by atoms with Crippen LogP contribution >= 0.6 is 11.6 Å². The van der Waals surface area contributed by atoms with E-state index in [0.29, 0.717) is 6.61 Å². The first-order valence-corrected chi connectivity index (χ1v) is 4.30. The van der Waals surface area contributed by atoms with E-state index >= 15 is 0 Å². The Hall–Kier alpha value is -0.950. The molecule has 0 bridgehead atoms. The molecular weight excluding hydrogens is 172 g/mol. The number of ether oxygens (including phenoxy) is 1. The smallest absolute Gasteiger partial charge is 0.119 e. The van der Waals surface area contributed by atoms with Crippen LogP contribution in [0.5, 0.6) is 5.75 Å². The highest BCUT2D eigenvalue weighted by molar-refractivity contribution is 6.25. The van der Waals surface area contributed by atoms with Crippen LogP contribution in [-0.2, 0) is 0 Å². The Balaban J connectivity index is 2.24. The summed E-state index contributed by atoms with van der Waals surface area (Å²) in [6.45, 7) is 0.674. The fraction of sp³-hybridized carbons (Fsp3) is 0.200. The summed E-state index contributed by atoms with van der Waals surface area (Å²) in [4.78, 5) is 0. The third-order valence-corrected chi connectivity index (χ3v) is 1.56. The summed E-state index contributed by atoms with van der Waals surface area (Å²) in [5, 5.41) is 0. The van der Waals surface area contributed by atoms with Crippen LogP contribution in [0.25, 0.3) is 0 Å². The Morgan fingerprint density at radius 1 is 1.25 bits per heavy atom. The Morgan fingerprint density at radius 2 is 2.00 bits per heavy atom. The first kappa shape index (κ1) is 9.14. The van der Waals surface area contributed by atoms with E-state index in [0.717, 1.165) is 12.2 Å². The molecule has 0 spiro atoms. The minimum absolute atomic E-state index is 0.674. The van der Waals surface area contributed by atoms with Gasteiger partial charge in [-0.1, -0.05) is 35.9 Å². The zero-order valence-electron chi connectivity index (χ0n) is 6.74. The van der Waals surface area contributed by atoms with Gasteiger partial charge in [0.05, 0.1) is 6.61 Å². The lowest BCUT2D eigenvalue weighted by Crippen LogP contribution is -1.94. The van der Waals surface area contributed by atoms with Crippen LogP contribution in [0.3, 0.4) is 0 Å². The van der Waals surface area contributed by atoms with E-state index in [1.54, 1.807) is 0 Å². The molecule has 2 heteroatoms. The molecule has 0 N–H and O–H groups in total. The lowest BCUT2D eigenvalue weighted by molar-refractivity contribution is 0.325. The van der Waals surface area contributed by atoms with Gasteiger partial charge in [0.25, 0.3) is 0 Å². The van der Waals surface area contributed by atoms with Gasteiger partial charge in [0.2, 0.25) is 0 Å². The van der Waals surface area contributed by atoms with Crippen molar-refractivity contribution in [3.63, 3.8) is 0 Å². The standard InChI is InChI=1S/C10H11ClO/c11-8-4-5-9-12-10-6-2-1-3-7-10/h1-4,6-8H,5,9H2. The largest absolute Gasteiger partial charge is 0.493 e. The van der Waals surface area contributed by atoms with Crippen LogP contribution in [0.15, 0.2) is 41.9 Å². The van der Waals surface area contributed by atoms with E-state index in [1.165, 1.54) is 5.54 Å². The molecule has 0 saturated carbocycles. The van der Waals surface area contributed by atoms with Crippen molar-refractivity contribution >= 4 is 11.6 Å². The summed E-state index contributed by atoms with van der Waals surface area (Å²) in [5.41, 5.74) is 1.51. The highest BCUT2D eigenvalue weighted by Crippen LogP contribution is 2.08. The van der Waals surface area contributed by atoms with E-state index in [2.05, 4.69) is 0 Å². The molecule has 0 aromatic heterocycles. The summed E-state index contributed by atoms with van der Waals surface area (Å²) < 4.78 is 5.40. The van der Waals surface area contributed by atoms with Gasteiger partial charge in [0.1, 0.15) is 5.75 Å². The first-order chi connectivity index (χ1) is 5.93. The van der Waals surface area contributed by atoms with Crippen molar-refractivity contribution in [3.05, 3.63) is 41.9 Å². The van der Waals surface area contributed by atoms with Crippen molar-refractivity contribution in [2.45, 2.75) is 6.42 Å². The molecule has 0 aliphatic rings. The molecule has 0 aliphatic heterocycles. The van der Waals surface area contributed by atoms with E-state index in [4.69, 9.17) is 16.3 Å². The average Bonchev–Trinajstić information content (AvgIpc) is 2.14. The molecule has 64 valence electrons. The maximum absolute atomic E-state index is 5.40. The fourth-order valence-corrected chi connectivity index (χ4v) is 0.951. The van der Waals surface area contributed by atoms with Crippen LogP contribution in [0, 0.1) is 0 Å². The van der Waals surface area contributed by atoms with Gasteiger partial charge < -0.3 is 4.74 Å². The molecule has 1 aromatic rings. The predicted molar refractivity (Wildman–Crippen MR) is 51.5 cm³/mol. The number of rotatable bonds is 4. The molecule has 12 heavy (non-hydrogen) atoms. The maximum atomic E-state index is 5.40.